The van der Waals surface area contributed by atoms with Crippen molar-refractivity contribution < 1.29 is 28.7 Å². The maximum atomic E-state index is 13.4. The quantitative estimate of drug-likeness (QED) is 0.395. The van der Waals surface area contributed by atoms with Crippen LogP contribution in [-0.2, 0) is 28.7 Å². The van der Waals surface area contributed by atoms with E-state index >= 15 is 0 Å². The molecular formula is C32H33N3O6. The van der Waals surface area contributed by atoms with Gasteiger partial charge in [0.1, 0.15) is 0 Å². The van der Waals surface area contributed by atoms with E-state index in [-0.39, 0.29) is 23.6 Å². The highest BCUT2D eigenvalue weighted by Gasteiger charge is 2.54. The number of hydrogen-bond acceptors (Lipinski definition) is 7. The Morgan fingerprint density at radius 3 is 1.39 bits per heavy atom. The van der Waals surface area contributed by atoms with Gasteiger partial charge in [0.15, 0.2) is 0 Å². The summed E-state index contributed by atoms with van der Waals surface area (Å²) in [6.45, 7) is 1.00. The van der Waals surface area contributed by atoms with Crippen LogP contribution in [0, 0.1) is 23.7 Å². The molecule has 0 unspecified atom stereocenters. The molecule has 4 amide bonds. The highest BCUT2D eigenvalue weighted by molar-refractivity contribution is 6.23. The van der Waals surface area contributed by atoms with Crippen LogP contribution in [0.3, 0.4) is 0 Å². The van der Waals surface area contributed by atoms with Gasteiger partial charge < -0.3 is 14.8 Å². The third kappa shape index (κ3) is 4.73. The summed E-state index contributed by atoms with van der Waals surface area (Å²) in [5, 5.41) is 3.44. The van der Waals surface area contributed by atoms with Crippen LogP contribution in [0.5, 0.6) is 0 Å². The SMILES string of the molecule is CO[C@@H]1C=C(CNCC2=C[C@@H](OC)[C@H]3C(=O)N(c4ccccc4)C(=O)[C@H]3C2)C[C@@H]2C(=O)N(c3ccccc3)C(=O)[C@@H]21. The molecule has 0 saturated carbocycles. The normalized spacial score (nSPS) is 29.4. The van der Waals surface area contributed by atoms with Crippen LogP contribution in [0.1, 0.15) is 12.8 Å². The molecule has 0 spiro atoms. The van der Waals surface area contributed by atoms with E-state index in [2.05, 4.69) is 5.32 Å². The zero-order valence-corrected chi connectivity index (χ0v) is 23.1. The molecule has 0 aromatic heterocycles. The second-order valence-corrected chi connectivity index (χ2v) is 11.0. The molecule has 6 atom stereocenters. The van der Waals surface area contributed by atoms with Crippen molar-refractivity contribution in [1.29, 1.82) is 0 Å². The number of anilines is 2. The number of fused-ring (bicyclic) bond motifs is 2. The molecule has 2 aliphatic heterocycles. The lowest BCUT2D eigenvalue weighted by atomic mass is 9.78. The van der Waals surface area contributed by atoms with Crippen molar-refractivity contribution in [2.75, 3.05) is 37.1 Å². The number of hydrogen-bond donors (Lipinski definition) is 1. The zero-order valence-electron chi connectivity index (χ0n) is 23.1. The number of ether oxygens (including phenoxy) is 2. The number of amides is 4. The first-order chi connectivity index (χ1) is 19.9. The highest BCUT2D eigenvalue weighted by atomic mass is 16.5. The number of rotatable bonds is 8. The van der Waals surface area contributed by atoms with Gasteiger partial charge in [-0.3, -0.25) is 19.2 Å². The molecule has 2 heterocycles. The molecule has 9 nitrogen and oxygen atoms in total. The lowest BCUT2D eigenvalue weighted by molar-refractivity contribution is -0.125. The third-order valence-electron chi connectivity index (χ3n) is 8.70. The van der Waals surface area contributed by atoms with Crippen molar-refractivity contribution in [2.24, 2.45) is 23.7 Å². The lowest BCUT2D eigenvalue weighted by Gasteiger charge is -2.30. The first-order valence-electron chi connectivity index (χ1n) is 13.9. The Morgan fingerprint density at radius 2 is 1.02 bits per heavy atom. The van der Waals surface area contributed by atoms with Crippen LogP contribution in [0.25, 0.3) is 0 Å². The number of nitrogens with one attached hydrogen (secondary N) is 1. The zero-order chi connectivity index (χ0) is 28.7. The number of carbonyl (C=O) groups is 4. The Kier molecular flexibility index (Phi) is 7.42. The van der Waals surface area contributed by atoms with E-state index in [0.717, 1.165) is 11.1 Å². The highest BCUT2D eigenvalue weighted by Crippen LogP contribution is 2.42. The number of imide groups is 2. The molecule has 2 fully saturated rings. The van der Waals surface area contributed by atoms with Crippen molar-refractivity contribution in [2.45, 2.75) is 25.0 Å². The predicted octanol–water partition coefficient (Wildman–Crippen LogP) is 2.88. The van der Waals surface area contributed by atoms with E-state index < -0.39 is 35.9 Å². The molecule has 4 aliphatic rings. The standard InChI is InChI=1S/C32H33N3O6/c1-40-25-15-19(13-23-27(25)31(38)34(29(23)36)21-9-5-3-6-10-21)17-33-18-20-14-24-28(26(16-20)41-2)32(39)35(30(24)37)22-11-7-4-8-12-22/h3-12,15-16,23-28,33H,13-14,17-18H2,1-2H3/t23-,24-,25+,26+,27-,28-/m0/s1. The Labute approximate surface area is 238 Å². The Balaban J connectivity index is 1.12. The van der Waals surface area contributed by atoms with Gasteiger partial charge in [0.25, 0.3) is 0 Å². The smallest absolute Gasteiger partial charge is 0.240 e. The maximum absolute atomic E-state index is 13.4. The van der Waals surface area contributed by atoms with E-state index in [9.17, 15) is 19.2 Å². The van der Waals surface area contributed by atoms with E-state index in [0.29, 0.717) is 37.3 Å². The first kappa shape index (κ1) is 27.3. The summed E-state index contributed by atoms with van der Waals surface area (Å²) in [5.41, 5.74) is 3.14. The Hall–Kier alpha value is -3.92. The molecule has 6 rings (SSSR count). The molecule has 41 heavy (non-hydrogen) atoms. The molecule has 2 aromatic rings. The number of para-hydroxylation sites is 2. The minimum Gasteiger partial charge on any atom is -0.377 e. The van der Waals surface area contributed by atoms with Gasteiger partial charge in [-0.25, -0.2) is 9.80 Å². The monoisotopic (exact) mass is 555 g/mol. The van der Waals surface area contributed by atoms with Gasteiger partial charge in [-0.1, -0.05) is 59.7 Å². The number of nitrogens with zero attached hydrogens (tertiary/aromatic N) is 2. The van der Waals surface area contributed by atoms with Crippen LogP contribution in [0.4, 0.5) is 11.4 Å². The minimum atomic E-state index is -0.546. The van der Waals surface area contributed by atoms with Gasteiger partial charge in [0.05, 0.1) is 47.3 Å². The fraction of sp³-hybridized carbons (Fsp3) is 0.375. The summed E-state index contributed by atoms with van der Waals surface area (Å²) < 4.78 is 11.3. The minimum absolute atomic E-state index is 0.199. The largest absolute Gasteiger partial charge is 0.377 e. The van der Waals surface area contributed by atoms with Gasteiger partial charge >= 0.3 is 0 Å². The van der Waals surface area contributed by atoms with Gasteiger partial charge in [0, 0.05) is 27.3 Å². The molecular weight excluding hydrogens is 522 g/mol. The molecule has 212 valence electrons. The topological polar surface area (TPSA) is 105 Å². The maximum Gasteiger partial charge on any atom is 0.240 e. The predicted molar refractivity (Wildman–Crippen MR) is 152 cm³/mol. The van der Waals surface area contributed by atoms with Gasteiger partial charge in [-0.15, -0.1) is 0 Å². The first-order valence-corrected chi connectivity index (χ1v) is 13.9. The average Bonchev–Trinajstić information content (AvgIpc) is 3.41. The fourth-order valence-electron chi connectivity index (χ4n) is 6.78. The molecule has 2 saturated heterocycles. The second-order valence-electron chi connectivity index (χ2n) is 11.0. The lowest BCUT2D eigenvalue weighted by Crippen LogP contribution is -2.38. The molecule has 0 radical (unpaired) electrons. The van der Waals surface area contributed by atoms with Crippen molar-refractivity contribution >= 4 is 35.0 Å². The summed E-state index contributed by atoms with van der Waals surface area (Å²) in [7, 11) is 3.12. The number of carbonyl (C=O) groups excluding carboxylic acids is 4. The van der Waals surface area contributed by atoms with Crippen molar-refractivity contribution in [3.05, 3.63) is 84.0 Å². The molecule has 2 aromatic carbocycles. The summed E-state index contributed by atoms with van der Waals surface area (Å²) >= 11 is 0. The van der Waals surface area contributed by atoms with E-state index in [1.54, 1.807) is 38.5 Å². The molecule has 0 bridgehead atoms. The number of methoxy groups -OCH3 is 2. The van der Waals surface area contributed by atoms with Gasteiger partial charge in [-0.2, -0.15) is 0 Å². The fourth-order valence-corrected chi connectivity index (χ4v) is 6.78. The summed E-state index contributed by atoms with van der Waals surface area (Å²) in [4.78, 5) is 55.8. The van der Waals surface area contributed by atoms with E-state index in [1.165, 1.54) is 9.80 Å². The van der Waals surface area contributed by atoms with E-state index in [1.807, 2.05) is 48.6 Å². The van der Waals surface area contributed by atoms with Crippen LogP contribution in [0.2, 0.25) is 0 Å². The Bertz CT molecular complexity index is 1310. The molecule has 1 N–H and O–H groups in total. The van der Waals surface area contributed by atoms with Gasteiger partial charge in [0.2, 0.25) is 23.6 Å². The number of benzene rings is 2. The third-order valence-corrected chi connectivity index (χ3v) is 8.70. The van der Waals surface area contributed by atoms with Crippen molar-refractivity contribution in [1.82, 2.24) is 5.32 Å². The van der Waals surface area contributed by atoms with Crippen molar-refractivity contribution in [3.63, 3.8) is 0 Å². The summed E-state index contributed by atoms with van der Waals surface area (Å²) in [5.74, 6) is -2.90. The molecule has 9 heteroatoms. The van der Waals surface area contributed by atoms with Crippen LogP contribution < -0.4 is 15.1 Å². The van der Waals surface area contributed by atoms with E-state index in [4.69, 9.17) is 9.47 Å². The van der Waals surface area contributed by atoms with Gasteiger partial charge in [-0.05, 0) is 37.1 Å². The van der Waals surface area contributed by atoms with Crippen LogP contribution >= 0.6 is 0 Å². The average molecular weight is 556 g/mol. The summed E-state index contributed by atoms with van der Waals surface area (Å²) in [6.07, 6.45) is 3.86. The summed E-state index contributed by atoms with van der Waals surface area (Å²) in [6, 6.07) is 18.0. The van der Waals surface area contributed by atoms with Crippen LogP contribution in [0.15, 0.2) is 84.0 Å². The Morgan fingerprint density at radius 1 is 0.634 bits per heavy atom. The van der Waals surface area contributed by atoms with Crippen molar-refractivity contribution in [3.8, 4) is 0 Å². The van der Waals surface area contributed by atoms with Crippen LogP contribution in [-0.4, -0.2) is 63.1 Å². The molecule has 2 aliphatic carbocycles. The second kappa shape index (κ2) is 11.2.